The predicted molar refractivity (Wildman–Crippen MR) is 113 cm³/mol. The van der Waals surface area contributed by atoms with Crippen molar-refractivity contribution in [1.82, 2.24) is 0 Å². The van der Waals surface area contributed by atoms with E-state index in [-0.39, 0.29) is 38.3 Å². The number of esters is 3. The molecule has 8 heteroatoms. The number of benzene rings is 1. The number of hydrogen-bond acceptors (Lipinski definition) is 7. The van der Waals surface area contributed by atoms with Crippen LogP contribution in [0.4, 0.5) is 0 Å². The minimum atomic E-state index is -0.904. The molecule has 29 heavy (non-hydrogen) atoms. The molecule has 0 amide bonds. The van der Waals surface area contributed by atoms with Gasteiger partial charge in [-0.25, -0.2) is 4.79 Å². The van der Waals surface area contributed by atoms with Crippen LogP contribution in [0.25, 0.3) is 0 Å². The lowest BCUT2D eigenvalue weighted by molar-refractivity contribution is -0.162. The number of rotatable bonds is 10. The summed E-state index contributed by atoms with van der Waals surface area (Å²) in [6.07, 6.45) is 0.251. The Morgan fingerprint density at radius 2 is 1.48 bits per heavy atom. The van der Waals surface area contributed by atoms with Crippen molar-refractivity contribution >= 4 is 40.5 Å². The number of halogens is 1. The summed E-state index contributed by atoms with van der Waals surface area (Å²) in [5.41, 5.74) is -1.32. The first-order valence-corrected chi connectivity index (χ1v) is 10.5. The van der Waals surface area contributed by atoms with Crippen LogP contribution in [0, 0.1) is 14.4 Å². The van der Waals surface area contributed by atoms with Crippen LogP contribution in [-0.4, -0.2) is 50.4 Å². The van der Waals surface area contributed by atoms with Gasteiger partial charge >= 0.3 is 17.9 Å². The highest BCUT2D eigenvalue weighted by atomic mass is 127. The summed E-state index contributed by atoms with van der Waals surface area (Å²) in [6, 6.07) is 6.97. The van der Waals surface area contributed by atoms with Crippen molar-refractivity contribution in [2.45, 2.75) is 40.2 Å². The van der Waals surface area contributed by atoms with E-state index >= 15 is 0 Å². The number of epoxide rings is 1. The van der Waals surface area contributed by atoms with Crippen molar-refractivity contribution in [2.24, 2.45) is 10.8 Å². The molecule has 1 unspecified atom stereocenters. The smallest absolute Gasteiger partial charge is 0.338 e. The molecule has 0 aromatic heterocycles. The quantitative estimate of drug-likeness (QED) is 0.154. The highest BCUT2D eigenvalue weighted by Crippen LogP contribution is 2.36. The van der Waals surface area contributed by atoms with Gasteiger partial charge in [0.25, 0.3) is 0 Å². The Morgan fingerprint density at radius 1 is 0.966 bits per heavy atom. The van der Waals surface area contributed by atoms with Crippen LogP contribution in [0.5, 0.6) is 0 Å². The van der Waals surface area contributed by atoms with Gasteiger partial charge in [0, 0.05) is 3.57 Å². The van der Waals surface area contributed by atoms with E-state index in [1.165, 1.54) is 0 Å². The van der Waals surface area contributed by atoms with Gasteiger partial charge in [-0.05, 0) is 81.0 Å². The SMILES string of the molecule is CC(C)(CC(C)(C)C(=O)OCC1CO1)C(=O)OCCOC(=O)c1ccc(I)cc1. The molecule has 1 aliphatic rings. The Morgan fingerprint density at radius 3 is 2.03 bits per heavy atom. The molecule has 0 bridgehead atoms. The standard InChI is InChI=1S/C21H27IO7/c1-20(2,13-21(3,4)19(25)29-12-16-11-28-16)18(24)27-10-9-26-17(23)14-5-7-15(22)8-6-14/h5-8,16H,9-13H2,1-4H3. The highest BCUT2D eigenvalue weighted by molar-refractivity contribution is 14.1. The molecular weight excluding hydrogens is 491 g/mol. The molecular formula is C21H27IO7. The molecule has 1 aromatic rings. The van der Waals surface area contributed by atoms with Crippen molar-refractivity contribution in [3.63, 3.8) is 0 Å². The Bertz CT molecular complexity index is 736. The average molecular weight is 518 g/mol. The molecule has 0 spiro atoms. The van der Waals surface area contributed by atoms with E-state index in [9.17, 15) is 14.4 Å². The minimum Gasteiger partial charge on any atom is -0.462 e. The van der Waals surface area contributed by atoms with Crippen molar-refractivity contribution in [2.75, 3.05) is 26.4 Å². The summed E-state index contributed by atoms with van der Waals surface area (Å²) in [5, 5.41) is 0. The maximum absolute atomic E-state index is 12.5. The molecule has 0 radical (unpaired) electrons. The van der Waals surface area contributed by atoms with E-state index < -0.39 is 22.8 Å². The molecule has 160 valence electrons. The zero-order valence-electron chi connectivity index (χ0n) is 17.2. The molecule has 0 saturated carbocycles. The van der Waals surface area contributed by atoms with Crippen molar-refractivity contribution in [1.29, 1.82) is 0 Å². The van der Waals surface area contributed by atoms with E-state index in [1.807, 2.05) is 12.1 Å². The Balaban J connectivity index is 1.75. The fraction of sp³-hybridized carbons (Fsp3) is 0.571. The first kappa shape index (κ1) is 23.6. The predicted octanol–water partition coefficient (Wildman–Crippen LogP) is 3.38. The Kier molecular flexibility index (Phi) is 8.04. The molecule has 0 N–H and O–H groups in total. The number of carbonyl (C=O) groups is 3. The Labute approximate surface area is 184 Å². The van der Waals surface area contributed by atoms with Gasteiger partial charge in [-0.15, -0.1) is 0 Å². The van der Waals surface area contributed by atoms with Crippen LogP contribution >= 0.6 is 22.6 Å². The lowest BCUT2D eigenvalue weighted by Crippen LogP contribution is -2.37. The van der Waals surface area contributed by atoms with E-state index in [2.05, 4.69) is 22.6 Å². The Hall–Kier alpha value is -1.68. The average Bonchev–Trinajstić information content (AvgIpc) is 3.47. The van der Waals surface area contributed by atoms with Crippen molar-refractivity contribution in [3.8, 4) is 0 Å². The third-order valence-corrected chi connectivity index (χ3v) is 5.14. The zero-order valence-corrected chi connectivity index (χ0v) is 19.3. The van der Waals surface area contributed by atoms with E-state index in [4.69, 9.17) is 18.9 Å². The summed E-state index contributed by atoms with van der Waals surface area (Å²) >= 11 is 2.15. The molecule has 1 heterocycles. The van der Waals surface area contributed by atoms with Crippen LogP contribution in [0.2, 0.25) is 0 Å². The van der Waals surface area contributed by atoms with Crippen molar-refractivity contribution < 1.29 is 33.3 Å². The molecule has 1 atom stereocenters. The van der Waals surface area contributed by atoms with Gasteiger partial charge in [0.15, 0.2) is 0 Å². The van der Waals surface area contributed by atoms with E-state index in [0.29, 0.717) is 12.2 Å². The maximum atomic E-state index is 12.5. The topological polar surface area (TPSA) is 91.4 Å². The number of carbonyl (C=O) groups excluding carboxylic acids is 3. The second-order valence-corrected chi connectivity index (χ2v) is 9.52. The summed E-state index contributed by atoms with van der Waals surface area (Å²) in [7, 11) is 0. The van der Waals surface area contributed by atoms with Crippen LogP contribution in [0.15, 0.2) is 24.3 Å². The first-order valence-electron chi connectivity index (χ1n) is 9.40. The van der Waals surface area contributed by atoms with Gasteiger partial charge in [-0.2, -0.15) is 0 Å². The summed E-state index contributed by atoms with van der Waals surface area (Å²) in [5.74, 6) is -1.31. The third-order valence-electron chi connectivity index (χ3n) is 4.42. The van der Waals surface area contributed by atoms with Gasteiger partial charge in [0.1, 0.15) is 25.9 Å². The van der Waals surface area contributed by atoms with Gasteiger partial charge in [-0.3, -0.25) is 9.59 Å². The van der Waals surface area contributed by atoms with Crippen LogP contribution in [-0.2, 0) is 28.5 Å². The van der Waals surface area contributed by atoms with E-state index in [0.717, 1.165) is 3.57 Å². The minimum absolute atomic E-state index is 0.00468. The maximum Gasteiger partial charge on any atom is 0.338 e. The van der Waals surface area contributed by atoms with Gasteiger partial charge in [0.05, 0.1) is 23.0 Å². The second kappa shape index (κ2) is 9.88. The summed E-state index contributed by atoms with van der Waals surface area (Å²) in [6.45, 7) is 7.65. The third kappa shape index (κ3) is 7.58. The van der Waals surface area contributed by atoms with Gasteiger partial charge < -0.3 is 18.9 Å². The van der Waals surface area contributed by atoms with Crippen LogP contribution in [0.1, 0.15) is 44.5 Å². The summed E-state index contributed by atoms with van der Waals surface area (Å²) < 4.78 is 21.7. The second-order valence-electron chi connectivity index (χ2n) is 8.28. The number of hydrogen-bond donors (Lipinski definition) is 0. The normalized spacial score (nSPS) is 16.1. The molecule has 1 aliphatic heterocycles. The van der Waals surface area contributed by atoms with Crippen molar-refractivity contribution in [3.05, 3.63) is 33.4 Å². The van der Waals surface area contributed by atoms with Crippen LogP contribution < -0.4 is 0 Å². The number of ether oxygens (including phenoxy) is 4. The van der Waals surface area contributed by atoms with Gasteiger partial charge in [0.2, 0.25) is 0 Å². The molecule has 1 aromatic carbocycles. The lowest BCUT2D eigenvalue weighted by Gasteiger charge is -2.31. The largest absolute Gasteiger partial charge is 0.462 e. The highest BCUT2D eigenvalue weighted by Gasteiger charge is 2.41. The molecule has 7 nitrogen and oxygen atoms in total. The first-order chi connectivity index (χ1) is 13.5. The molecule has 1 saturated heterocycles. The summed E-state index contributed by atoms with van der Waals surface area (Å²) in [4.78, 5) is 36.7. The zero-order chi connectivity index (χ0) is 21.7. The lowest BCUT2D eigenvalue weighted by atomic mass is 9.75. The monoisotopic (exact) mass is 518 g/mol. The van der Waals surface area contributed by atoms with E-state index in [1.54, 1.807) is 39.8 Å². The van der Waals surface area contributed by atoms with Gasteiger partial charge in [-0.1, -0.05) is 0 Å². The fourth-order valence-electron chi connectivity index (χ4n) is 2.91. The molecule has 2 rings (SSSR count). The molecule has 1 fully saturated rings. The fourth-order valence-corrected chi connectivity index (χ4v) is 3.27. The van der Waals surface area contributed by atoms with Crippen LogP contribution in [0.3, 0.4) is 0 Å². The molecule has 0 aliphatic carbocycles.